The maximum atomic E-state index is 7.47. The van der Waals surface area contributed by atoms with E-state index >= 15 is 0 Å². The van der Waals surface area contributed by atoms with Gasteiger partial charge in [-0.3, -0.25) is 10.3 Å². The Morgan fingerprint density at radius 1 is 1.31 bits per heavy atom. The molecule has 13 heavy (non-hydrogen) atoms. The number of hydrogen-bond acceptors (Lipinski definition) is 3. The third kappa shape index (κ3) is 2.32. The molecule has 0 spiro atoms. The van der Waals surface area contributed by atoms with E-state index in [-0.39, 0.29) is 0 Å². The lowest BCUT2D eigenvalue weighted by Gasteiger charge is -2.12. The second kappa shape index (κ2) is 3.94. The summed E-state index contributed by atoms with van der Waals surface area (Å²) in [6, 6.07) is 10.4. The van der Waals surface area contributed by atoms with Crippen LogP contribution in [0, 0.1) is 5.41 Å². The van der Waals surface area contributed by atoms with Crippen molar-refractivity contribution in [3.63, 3.8) is 0 Å². The third-order valence-electron chi connectivity index (χ3n) is 2.04. The number of benzene rings is 1. The Hall–Kier alpha value is -0.800. The molecule has 0 atom stereocenters. The van der Waals surface area contributed by atoms with Crippen LogP contribution in [0.4, 0.5) is 0 Å². The Morgan fingerprint density at radius 2 is 2.08 bits per heavy atom. The van der Waals surface area contributed by atoms with Gasteiger partial charge in [0.2, 0.25) is 0 Å². The first-order valence-electron chi connectivity index (χ1n) is 4.31. The monoisotopic (exact) mass is 192 g/mol. The average Bonchev–Trinajstić information content (AvgIpc) is 2.53. The molecule has 1 heterocycles. The van der Waals surface area contributed by atoms with Crippen LogP contribution in [0.15, 0.2) is 30.3 Å². The van der Waals surface area contributed by atoms with E-state index in [4.69, 9.17) is 5.41 Å². The lowest BCUT2D eigenvalue weighted by molar-refractivity contribution is 0.368. The Morgan fingerprint density at radius 3 is 2.69 bits per heavy atom. The molecule has 0 amide bonds. The SMILES string of the molecule is N=C1CN(Cc2ccccc2)CS1. The summed E-state index contributed by atoms with van der Waals surface area (Å²) >= 11 is 1.63. The molecule has 0 unspecified atom stereocenters. The van der Waals surface area contributed by atoms with Crippen LogP contribution in [0.3, 0.4) is 0 Å². The molecule has 3 heteroatoms. The summed E-state index contributed by atoms with van der Waals surface area (Å²) in [5, 5.41) is 8.25. The van der Waals surface area contributed by atoms with Crippen molar-refractivity contribution in [3.05, 3.63) is 35.9 Å². The fourth-order valence-corrected chi connectivity index (χ4v) is 2.20. The molecule has 1 aromatic carbocycles. The molecule has 2 nitrogen and oxygen atoms in total. The van der Waals surface area contributed by atoms with Gasteiger partial charge in [-0.1, -0.05) is 42.1 Å². The van der Waals surface area contributed by atoms with Crippen LogP contribution in [0.1, 0.15) is 5.56 Å². The standard InChI is InChI=1S/C10H12N2S/c11-10-7-12(8-13-10)6-9-4-2-1-3-5-9/h1-5,11H,6-8H2. The van der Waals surface area contributed by atoms with Crippen molar-refractivity contribution in [1.29, 1.82) is 5.41 Å². The maximum Gasteiger partial charge on any atom is 0.0795 e. The van der Waals surface area contributed by atoms with E-state index in [1.54, 1.807) is 11.8 Å². The number of thioether (sulfide) groups is 1. The molecule has 1 aliphatic heterocycles. The van der Waals surface area contributed by atoms with Crippen LogP contribution >= 0.6 is 11.8 Å². The van der Waals surface area contributed by atoms with Gasteiger partial charge in [-0.15, -0.1) is 0 Å². The number of nitrogens with one attached hydrogen (secondary N) is 1. The van der Waals surface area contributed by atoms with Crippen LogP contribution in [0.2, 0.25) is 0 Å². The Labute approximate surface area is 82.5 Å². The van der Waals surface area contributed by atoms with E-state index in [0.717, 1.165) is 24.0 Å². The summed E-state index contributed by atoms with van der Waals surface area (Å²) < 4.78 is 0. The van der Waals surface area contributed by atoms with Gasteiger partial charge in [0.25, 0.3) is 0 Å². The third-order valence-corrected chi connectivity index (χ3v) is 3.01. The summed E-state index contributed by atoms with van der Waals surface area (Å²) in [6.45, 7) is 1.79. The minimum absolute atomic E-state index is 0.788. The first-order chi connectivity index (χ1) is 6.34. The molecule has 68 valence electrons. The quantitative estimate of drug-likeness (QED) is 0.777. The van der Waals surface area contributed by atoms with Gasteiger partial charge < -0.3 is 0 Å². The van der Waals surface area contributed by atoms with Crippen molar-refractivity contribution >= 4 is 16.8 Å². The van der Waals surface area contributed by atoms with Crippen LogP contribution in [-0.4, -0.2) is 22.4 Å². The molecule has 0 radical (unpaired) electrons. The van der Waals surface area contributed by atoms with Gasteiger partial charge in [-0.05, 0) is 5.56 Å². The number of hydrogen-bond donors (Lipinski definition) is 1. The Bertz CT molecular complexity index is 297. The van der Waals surface area contributed by atoms with Crippen LogP contribution in [0.5, 0.6) is 0 Å². The van der Waals surface area contributed by atoms with Crippen LogP contribution < -0.4 is 0 Å². The van der Waals surface area contributed by atoms with E-state index in [2.05, 4.69) is 29.2 Å². The minimum Gasteiger partial charge on any atom is -0.297 e. The molecule has 0 saturated carbocycles. The van der Waals surface area contributed by atoms with Gasteiger partial charge in [0.1, 0.15) is 0 Å². The molecule has 0 bridgehead atoms. The van der Waals surface area contributed by atoms with Crippen molar-refractivity contribution < 1.29 is 0 Å². The largest absolute Gasteiger partial charge is 0.297 e. The van der Waals surface area contributed by atoms with Gasteiger partial charge in [0, 0.05) is 13.1 Å². The van der Waals surface area contributed by atoms with E-state index in [1.807, 2.05) is 6.07 Å². The minimum atomic E-state index is 0.788. The molecule has 0 aliphatic carbocycles. The topological polar surface area (TPSA) is 27.1 Å². The zero-order valence-electron chi connectivity index (χ0n) is 7.36. The van der Waals surface area contributed by atoms with Crippen molar-refractivity contribution in [1.82, 2.24) is 4.90 Å². The van der Waals surface area contributed by atoms with Crippen LogP contribution in [0.25, 0.3) is 0 Å². The second-order valence-corrected chi connectivity index (χ2v) is 4.21. The van der Waals surface area contributed by atoms with Gasteiger partial charge in [0.15, 0.2) is 0 Å². The molecule has 2 rings (SSSR count). The lowest BCUT2D eigenvalue weighted by atomic mass is 10.2. The molecule has 0 aromatic heterocycles. The zero-order chi connectivity index (χ0) is 9.10. The summed E-state index contributed by atoms with van der Waals surface area (Å²) in [4.78, 5) is 2.28. The Balaban J connectivity index is 1.96. The highest BCUT2D eigenvalue weighted by Crippen LogP contribution is 2.17. The zero-order valence-corrected chi connectivity index (χ0v) is 8.18. The van der Waals surface area contributed by atoms with Crippen molar-refractivity contribution in [2.45, 2.75) is 6.54 Å². The first kappa shape index (κ1) is 8.78. The fraction of sp³-hybridized carbons (Fsp3) is 0.300. The fourth-order valence-electron chi connectivity index (χ4n) is 1.41. The van der Waals surface area contributed by atoms with Gasteiger partial charge in [-0.2, -0.15) is 0 Å². The highest BCUT2D eigenvalue weighted by molar-refractivity contribution is 8.14. The predicted octanol–water partition coefficient (Wildman–Crippen LogP) is 2.17. The number of rotatable bonds is 2. The highest BCUT2D eigenvalue weighted by atomic mass is 32.2. The number of nitrogens with zero attached hydrogens (tertiary/aromatic N) is 1. The van der Waals surface area contributed by atoms with E-state index in [0.29, 0.717) is 0 Å². The van der Waals surface area contributed by atoms with Crippen molar-refractivity contribution in [2.24, 2.45) is 0 Å². The molecular formula is C10H12N2S. The predicted molar refractivity (Wildman–Crippen MR) is 57.0 cm³/mol. The Kier molecular flexibility index (Phi) is 2.66. The summed E-state index contributed by atoms with van der Waals surface area (Å²) in [7, 11) is 0. The van der Waals surface area contributed by atoms with Crippen molar-refractivity contribution in [3.8, 4) is 0 Å². The molecular weight excluding hydrogens is 180 g/mol. The highest BCUT2D eigenvalue weighted by Gasteiger charge is 2.16. The average molecular weight is 192 g/mol. The van der Waals surface area contributed by atoms with Crippen molar-refractivity contribution in [2.75, 3.05) is 12.4 Å². The summed E-state index contributed by atoms with van der Waals surface area (Å²) in [5.41, 5.74) is 1.33. The second-order valence-electron chi connectivity index (χ2n) is 3.17. The molecule has 1 aromatic rings. The van der Waals surface area contributed by atoms with E-state index in [9.17, 15) is 0 Å². The van der Waals surface area contributed by atoms with E-state index in [1.165, 1.54) is 5.56 Å². The van der Waals surface area contributed by atoms with Crippen LogP contribution in [-0.2, 0) is 6.54 Å². The summed E-state index contributed by atoms with van der Waals surface area (Å²) in [6.07, 6.45) is 0. The van der Waals surface area contributed by atoms with Gasteiger partial charge in [0.05, 0.1) is 10.9 Å². The van der Waals surface area contributed by atoms with Gasteiger partial charge >= 0.3 is 0 Å². The normalized spacial score (nSPS) is 18.0. The maximum absolute atomic E-state index is 7.47. The van der Waals surface area contributed by atoms with Gasteiger partial charge in [-0.25, -0.2) is 0 Å². The smallest absolute Gasteiger partial charge is 0.0795 e. The van der Waals surface area contributed by atoms with E-state index < -0.39 is 0 Å². The molecule has 1 saturated heterocycles. The molecule has 1 fully saturated rings. The summed E-state index contributed by atoms with van der Waals surface area (Å²) in [5.74, 6) is 0.966. The first-order valence-corrected chi connectivity index (χ1v) is 5.29. The lowest BCUT2D eigenvalue weighted by Crippen LogP contribution is -2.19. The molecule has 1 aliphatic rings. The molecule has 1 N–H and O–H groups in total.